The lowest BCUT2D eigenvalue weighted by Gasteiger charge is -2.25. The van der Waals surface area contributed by atoms with Gasteiger partial charge in [-0.3, -0.25) is 9.69 Å². The van der Waals surface area contributed by atoms with Crippen molar-refractivity contribution in [1.82, 2.24) is 4.90 Å². The van der Waals surface area contributed by atoms with Crippen LogP contribution in [0.4, 0.5) is 0 Å². The molecule has 1 aliphatic heterocycles. The molecular formula is C14H19NO2. The molecule has 1 aliphatic rings. The molecule has 0 unspecified atom stereocenters. The Morgan fingerprint density at radius 2 is 1.88 bits per heavy atom. The Morgan fingerprint density at radius 3 is 2.41 bits per heavy atom. The molecule has 0 aromatic heterocycles. The van der Waals surface area contributed by atoms with Crippen molar-refractivity contribution in [3.63, 3.8) is 0 Å². The van der Waals surface area contributed by atoms with Gasteiger partial charge in [-0.15, -0.1) is 0 Å². The SMILES string of the molecule is CC(=O)[C@H](Cc1ccc(O)cc1)N1CCCC1. The third kappa shape index (κ3) is 3.07. The first kappa shape index (κ1) is 12.1. The minimum Gasteiger partial charge on any atom is -0.508 e. The zero-order chi connectivity index (χ0) is 12.3. The minimum absolute atomic E-state index is 0.00189. The first-order valence-electron chi connectivity index (χ1n) is 6.19. The van der Waals surface area contributed by atoms with Crippen molar-refractivity contribution in [3.05, 3.63) is 29.8 Å². The van der Waals surface area contributed by atoms with Crippen LogP contribution in [0, 0.1) is 0 Å². The monoisotopic (exact) mass is 233 g/mol. The highest BCUT2D eigenvalue weighted by Crippen LogP contribution is 2.18. The summed E-state index contributed by atoms with van der Waals surface area (Å²) in [4.78, 5) is 14.0. The molecule has 0 amide bonds. The maximum Gasteiger partial charge on any atom is 0.147 e. The lowest BCUT2D eigenvalue weighted by molar-refractivity contribution is -0.121. The van der Waals surface area contributed by atoms with Crippen LogP contribution in [0.1, 0.15) is 25.3 Å². The van der Waals surface area contributed by atoms with Crippen molar-refractivity contribution in [2.24, 2.45) is 0 Å². The molecule has 1 saturated heterocycles. The second kappa shape index (κ2) is 5.32. The fraction of sp³-hybridized carbons (Fsp3) is 0.500. The molecule has 0 aliphatic carbocycles. The predicted molar refractivity (Wildman–Crippen MR) is 67.1 cm³/mol. The molecule has 0 saturated carbocycles. The van der Waals surface area contributed by atoms with E-state index < -0.39 is 0 Å². The Kier molecular flexibility index (Phi) is 3.79. The van der Waals surface area contributed by atoms with Gasteiger partial charge in [0, 0.05) is 0 Å². The fourth-order valence-corrected chi connectivity index (χ4v) is 2.44. The maximum absolute atomic E-state index is 11.7. The number of likely N-dealkylation sites (tertiary alicyclic amines) is 1. The Morgan fingerprint density at radius 1 is 1.29 bits per heavy atom. The number of ketones is 1. The van der Waals surface area contributed by atoms with E-state index in [2.05, 4.69) is 4.90 Å². The molecule has 2 rings (SSSR count). The van der Waals surface area contributed by atoms with Gasteiger partial charge in [0.05, 0.1) is 6.04 Å². The number of phenols is 1. The van der Waals surface area contributed by atoms with Crippen molar-refractivity contribution in [2.45, 2.75) is 32.2 Å². The quantitative estimate of drug-likeness (QED) is 0.864. The van der Waals surface area contributed by atoms with Gasteiger partial charge in [-0.05, 0) is 57.0 Å². The first-order chi connectivity index (χ1) is 8.16. The van der Waals surface area contributed by atoms with Gasteiger partial charge < -0.3 is 5.11 Å². The molecule has 1 heterocycles. The van der Waals surface area contributed by atoms with Crippen molar-refractivity contribution < 1.29 is 9.90 Å². The van der Waals surface area contributed by atoms with Crippen molar-refractivity contribution in [1.29, 1.82) is 0 Å². The van der Waals surface area contributed by atoms with Crippen LogP contribution in [-0.4, -0.2) is 34.9 Å². The van der Waals surface area contributed by atoms with Crippen molar-refractivity contribution in [2.75, 3.05) is 13.1 Å². The van der Waals surface area contributed by atoms with Crippen LogP contribution in [0.15, 0.2) is 24.3 Å². The summed E-state index contributed by atoms with van der Waals surface area (Å²) in [7, 11) is 0. The number of aromatic hydroxyl groups is 1. The lowest BCUT2D eigenvalue weighted by Crippen LogP contribution is -2.39. The summed E-state index contributed by atoms with van der Waals surface area (Å²) in [6.45, 7) is 3.73. The van der Waals surface area contributed by atoms with Gasteiger partial charge in [0.2, 0.25) is 0 Å². The van der Waals surface area contributed by atoms with Gasteiger partial charge in [-0.1, -0.05) is 12.1 Å². The van der Waals surface area contributed by atoms with E-state index in [9.17, 15) is 9.90 Å². The molecule has 1 aromatic carbocycles. The molecule has 17 heavy (non-hydrogen) atoms. The number of carbonyl (C=O) groups excluding carboxylic acids is 1. The summed E-state index contributed by atoms with van der Waals surface area (Å²) in [5.41, 5.74) is 1.11. The number of carbonyl (C=O) groups is 1. The number of hydrogen-bond donors (Lipinski definition) is 1. The number of Topliss-reactive ketones (excluding diaryl/α,β-unsaturated/α-hetero) is 1. The van der Waals surface area contributed by atoms with Gasteiger partial charge in [0.25, 0.3) is 0 Å². The smallest absolute Gasteiger partial charge is 0.147 e. The number of hydrogen-bond acceptors (Lipinski definition) is 3. The molecule has 0 bridgehead atoms. The van der Waals surface area contributed by atoms with Crippen LogP contribution in [0.3, 0.4) is 0 Å². The molecule has 1 aromatic rings. The largest absolute Gasteiger partial charge is 0.508 e. The van der Waals surface area contributed by atoms with E-state index in [1.165, 1.54) is 12.8 Å². The minimum atomic E-state index is 0.00189. The van der Waals surface area contributed by atoms with E-state index in [1.54, 1.807) is 19.1 Å². The summed E-state index contributed by atoms with van der Waals surface area (Å²) in [6.07, 6.45) is 3.13. The zero-order valence-corrected chi connectivity index (χ0v) is 10.2. The fourth-order valence-electron chi connectivity index (χ4n) is 2.44. The Hall–Kier alpha value is -1.35. The molecule has 1 atom stereocenters. The molecule has 1 N–H and O–H groups in total. The zero-order valence-electron chi connectivity index (χ0n) is 10.2. The number of phenolic OH excluding ortho intramolecular Hbond substituents is 1. The van der Waals surface area contributed by atoms with E-state index in [0.29, 0.717) is 0 Å². The van der Waals surface area contributed by atoms with E-state index >= 15 is 0 Å². The van der Waals surface area contributed by atoms with E-state index in [-0.39, 0.29) is 17.6 Å². The maximum atomic E-state index is 11.7. The normalized spacial score (nSPS) is 18.2. The highest BCUT2D eigenvalue weighted by Gasteiger charge is 2.25. The summed E-state index contributed by atoms with van der Waals surface area (Å²) >= 11 is 0. The van der Waals surface area contributed by atoms with E-state index in [4.69, 9.17) is 0 Å². The van der Waals surface area contributed by atoms with Crippen LogP contribution >= 0.6 is 0 Å². The number of benzene rings is 1. The third-order valence-electron chi connectivity index (χ3n) is 3.42. The van der Waals surface area contributed by atoms with Crippen LogP contribution in [-0.2, 0) is 11.2 Å². The molecular weight excluding hydrogens is 214 g/mol. The van der Waals surface area contributed by atoms with E-state index in [0.717, 1.165) is 25.1 Å². The standard InChI is InChI=1S/C14H19NO2/c1-11(16)14(15-8-2-3-9-15)10-12-4-6-13(17)7-5-12/h4-7,14,17H,2-3,8-10H2,1H3/t14-/m0/s1. The van der Waals surface area contributed by atoms with Gasteiger partial charge in [0.15, 0.2) is 0 Å². The Bertz CT molecular complexity index is 380. The Balaban J connectivity index is 2.06. The molecule has 0 radical (unpaired) electrons. The average molecular weight is 233 g/mol. The highest BCUT2D eigenvalue weighted by atomic mass is 16.3. The van der Waals surface area contributed by atoms with Crippen LogP contribution in [0.5, 0.6) is 5.75 Å². The van der Waals surface area contributed by atoms with Crippen molar-refractivity contribution in [3.8, 4) is 5.75 Å². The van der Waals surface area contributed by atoms with E-state index in [1.807, 2.05) is 12.1 Å². The van der Waals surface area contributed by atoms with Crippen LogP contribution < -0.4 is 0 Å². The highest BCUT2D eigenvalue weighted by molar-refractivity contribution is 5.81. The first-order valence-corrected chi connectivity index (χ1v) is 6.19. The van der Waals surface area contributed by atoms with Gasteiger partial charge in [-0.2, -0.15) is 0 Å². The predicted octanol–water partition coefficient (Wildman–Crippen LogP) is 1.99. The topological polar surface area (TPSA) is 40.5 Å². The average Bonchev–Trinajstić information content (AvgIpc) is 2.81. The summed E-state index contributed by atoms with van der Waals surface area (Å²) in [6, 6.07) is 7.14. The second-order valence-electron chi connectivity index (χ2n) is 4.74. The molecule has 3 nitrogen and oxygen atoms in total. The van der Waals surface area contributed by atoms with Crippen LogP contribution in [0.2, 0.25) is 0 Å². The van der Waals surface area contributed by atoms with Gasteiger partial charge in [-0.25, -0.2) is 0 Å². The third-order valence-corrected chi connectivity index (χ3v) is 3.42. The lowest BCUT2D eigenvalue weighted by atomic mass is 10.0. The second-order valence-corrected chi connectivity index (χ2v) is 4.74. The van der Waals surface area contributed by atoms with Gasteiger partial charge in [0.1, 0.15) is 11.5 Å². The van der Waals surface area contributed by atoms with Gasteiger partial charge >= 0.3 is 0 Å². The number of rotatable bonds is 4. The summed E-state index contributed by atoms with van der Waals surface area (Å²) in [5, 5.41) is 9.23. The molecule has 0 spiro atoms. The summed E-state index contributed by atoms with van der Waals surface area (Å²) < 4.78 is 0. The number of nitrogens with zero attached hydrogens (tertiary/aromatic N) is 1. The summed E-state index contributed by atoms with van der Waals surface area (Å²) in [5.74, 6) is 0.509. The van der Waals surface area contributed by atoms with Crippen LogP contribution in [0.25, 0.3) is 0 Å². The Labute approximate surface area is 102 Å². The molecule has 1 fully saturated rings. The van der Waals surface area contributed by atoms with Crippen molar-refractivity contribution >= 4 is 5.78 Å². The molecule has 92 valence electrons. The molecule has 3 heteroatoms.